The van der Waals surface area contributed by atoms with E-state index in [0.717, 1.165) is 29.7 Å². The standard InChI is InChI=1S/C17H19NO3/c1-8-4-3-5-12(9(8)2)18-16(19)14-10-6-11-13(7-10)21-17(20)15(11)14/h3-5,10-11,13-15H,6-7H2,1-2H3,(H,18,19)/t10-,11+,13+,14-,15-/m1/s1. The highest BCUT2D eigenvalue weighted by molar-refractivity contribution is 5.97. The van der Waals surface area contributed by atoms with Crippen molar-refractivity contribution < 1.29 is 14.3 Å². The maximum Gasteiger partial charge on any atom is 0.310 e. The van der Waals surface area contributed by atoms with E-state index in [-0.39, 0.29) is 35.7 Å². The molecule has 1 N–H and O–H groups in total. The Labute approximate surface area is 123 Å². The predicted octanol–water partition coefficient (Wildman–Crippen LogP) is 2.44. The average molecular weight is 285 g/mol. The number of ether oxygens (including phenoxy) is 1. The lowest BCUT2D eigenvalue weighted by Gasteiger charge is -2.24. The van der Waals surface area contributed by atoms with Gasteiger partial charge < -0.3 is 10.1 Å². The summed E-state index contributed by atoms with van der Waals surface area (Å²) in [4.78, 5) is 24.7. The predicted molar refractivity (Wildman–Crippen MR) is 77.6 cm³/mol. The van der Waals surface area contributed by atoms with E-state index in [9.17, 15) is 9.59 Å². The third kappa shape index (κ3) is 1.74. The molecule has 1 heterocycles. The number of benzene rings is 1. The van der Waals surface area contributed by atoms with Gasteiger partial charge in [0.25, 0.3) is 0 Å². The van der Waals surface area contributed by atoms with Crippen molar-refractivity contribution >= 4 is 17.6 Å². The van der Waals surface area contributed by atoms with Crippen LogP contribution >= 0.6 is 0 Å². The van der Waals surface area contributed by atoms with Crippen LogP contribution in [0.3, 0.4) is 0 Å². The number of nitrogens with one attached hydrogen (secondary N) is 1. The summed E-state index contributed by atoms with van der Waals surface area (Å²) < 4.78 is 5.39. The van der Waals surface area contributed by atoms with Crippen LogP contribution < -0.4 is 5.32 Å². The fourth-order valence-electron chi connectivity index (χ4n) is 4.47. The molecule has 1 aromatic rings. The van der Waals surface area contributed by atoms with Crippen LogP contribution in [-0.4, -0.2) is 18.0 Å². The van der Waals surface area contributed by atoms with Crippen LogP contribution in [0.5, 0.6) is 0 Å². The van der Waals surface area contributed by atoms with E-state index in [0.29, 0.717) is 5.92 Å². The molecule has 1 amide bonds. The molecule has 1 aliphatic heterocycles. The van der Waals surface area contributed by atoms with Gasteiger partial charge in [0.05, 0.1) is 11.8 Å². The second-order valence-corrected chi connectivity index (χ2v) is 6.66. The van der Waals surface area contributed by atoms with Gasteiger partial charge >= 0.3 is 5.97 Å². The van der Waals surface area contributed by atoms with Crippen LogP contribution in [0, 0.1) is 37.5 Å². The lowest BCUT2D eigenvalue weighted by molar-refractivity contribution is -0.145. The SMILES string of the molecule is Cc1cccc(NC(=O)[C@@H]2[C@@H]3C[C@@H]4[C@H]2C(=O)O[C@H]4C3)c1C. The van der Waals surface area contributed by atoms with Crippen molar-refractivity contribution in [2.75, 3.05) is 5.32 Å². The molecule has 4 nitrogen and oxygen atoms in total. The lowest BCUT2D eigenvalue weighted by atomic mass is 9.79. The van der Waals surface area contributed by atoms with Crippen LogP contribution in [-0.2, 0) is 14.3 Å². The first-order valence-corrected chi connectivity index (χ1v) is 7.64. The molecular weight excluding hydrogens is 266 g/mol. The molecule has 110 valence electrons. The van der Waals surface area contributed by atoms with Crippen molar-refractivity contribution in [1.29, 1.82) is 0 Å². The molecule has 4 heteroatoms. The van der Waals surface area contributed by atoms with Crippen LogP contribution in [0.2, 0.25) is 0 Å². The smallest absolute Gasteiger partial charge is 0.310 e. The van der Waals surface area contributed by atoms with Crippen molar-refractivity contribution in [1.82, 2.24) is 0 Å². The molecule has 1 saturated heterocycles. The molecule has 1 aromatic carbocycles. The van der Waals surface area contributed by atoms with E-state index >= 15 is 0 Å². The molecular formula is C17H19NO3. The Balaban J connectivity index is 1.59. The zero-order chi connectivity index (χ0) is 14.7. The zero-order valence-corrected chi connectivity index (χ0v) is 12.3. The van der Waals surface area contributed by atoms with E-state index in [1.54, 1.807) is 0 Å². The Kier molecular flexibility index (Phi) is 2.65. The molecule has 2 saturated carbocycles. The first kappa shape index (κ1) is 12.9. The molecule has 0 radical (unpaired) electrons. The summed E-state index contributed by atoms with van der Waals surface area (Å²) in [6.45, 7) is 4.03. The second kappa shape index (κ2) is 4.33. The topological polar surface area (TPSA) is 55.4 Å². The molecule has 3 aliphatic rings. The van der Waals surface area contributed by atoms with Gasteiger partial charge in [-0.05, 0) is 49.8 Å². The van der Waals surface area contributed by atoms with E-state index < -0.39 is 0 Å². The average Bonchev–Trinajstić information content (AvgIpc) is 3.05. The van der Waals surface area contributed by atoms with E-state index in [1.165, 1.54) is 0 Å². The van der Waals surface area contributed by atoms with Gasteiger partial charge in [-0.2, -0.15) is 0 Å². The number of anilines is 1. The Bertz CT molecular complexity index is 637. The summed E-state index contributed by atoms with van der Waals surface area (Å²) in [5.74, 6) is -0.0111. The Hall–Kier alpha value is -1.84. The number of carbonyl (C=O) groups is 2. The van der Waals surface area contributed by atoms with Crippen LogP contribution in [0.1, 0.15) is 24.0 Å². The van der Waals surface area contributed by atoms with Crippen molar-refractivity contribution in [3.63, 3.8) is 0 Å². The van der Waals surface area contributed by atoms with E-state index in [4.69, 9.17) is 4.74 Å². The van der Waals surface area contributed by atoms with Gasteiger partial charge in [0.1, 0.15) is 6.10 Å². The molecule has 21 heavy (non-hydrogen) atoms. The van der Waals surface area contributed by atoms with Gasteiger partial charge in [0, 0.05) is 11.6 Å². The fourth-order valence-corrected chi connectivity index (χ4v) is 4.47. The fraction of sp³-hybridized carbons (Fsp3) is 0.529. The number of rotatable bonds is 2. The Morgan fingerprint density at radius 3 is 2.90 bits per heavy atom. The van der Waals surface area contributed by atoms with Gasteiger partial charge in [-0.15, -0.1) is 0 Å². The third-order valence-electron chi connectivity index (χ3n) is 5.65. The third-order valence-corrected chi connectivity index (χ3v) is 5.65. The molecule has 3 fully saturated rings. The second-order valence-electron chi connectivity index (χ2n) is 6.66. The molecule has 0 unspecified atom stereocenters. The number of carbonyl (C=O) groups excluding carboxylic acids is 2. The highest BCUT2D eigenvalue weighted by Crippen LogP contribution is 2.57. The molecule has 4 rings (SSSR count). The molecule has 2 bridgehead atoms. The summed E-state index contributed by atoms with van der Waals surface area (Å²) in [5, 5.41) is 3.03. The number of esters is 1. The summed E-state index contributed by atoms with van der Waals surface area (Å²) in [5.41, 5.74) is 3.09. The van der Waals surface area contributed by atoms with Gasteiger partial charge in [-0.1, -0.05) is 12.1 Å². The molecule has 0 spiro atoms. The van der Waals surface area contributed by atoms with Gasteiger partial charge in [0.2, 0.25) is 5.91 Å². The van der Waals surface area contributed by atoms with E-state index in [1.807, 2.05) is 32.0 Å². The summed E-state index contributed by atoms with van der Waals surface area (Å²) in [6, 6.07) is 5.89. The maximum atomic E-state index is 12.7. The number of hydrogen-bond donors (Lipinski definition) is 1. The number of aryl methyl sites for hydroxylation is 1. The molecule has 0 aromatic heterocycles. The normalized spacial score (nSPS) is 35.9. The van der Waals surface area contributed by atoms with Crippen molar-refractivity contribution in [2.24, 2.45) is 23.7 Å². The van der Waals surface area contributed by atoms with Crippen LogP contribution in [0.4, 0.5) is 5.69 Å². The highest BCUT2D eigenvalue weighted by atomic mass is 16.6. The lowest BCUT2D eigenvalue weighted by Crippen LogP contribution is -2.36. The van der Waals surface area contributed by atoms with Gasteiger partial charge in [-0.25, -0.2) is 0 Å². The Morgan fingerprint density at radius 2 is 2.10 bits per heavy atom. The van der Waals surface area contributed by atoms with Gasteiger partial charge in [-0.3, -0.25) is 9.59 Å². The summed E-state index contributed by atoms with van der Waals surface area (Å²) in [6.07, 6.45) is 1.90. The summed E-state index contributed by atoms with van der Waals surface area (Å²) >= 11 is 0. The first-order valence-electron chi connectivity index (χ1n) is 7.64. The minimum absolute atomic E-state index is 0.0153. The molecule has 5 atom stereocenters. The Morgan fingerprint density at radius 1 is 1.29 bits per heavy atom. The molecule has 2 aliphatic carbocycles. The van der Waals surface area contributed by atoms with Crippen molar-refractivity contribution in [2.45, 2.75) is 32.8 Å². The number of hydrogen-bond acceptors (Lipinski definition) is 3. The highest BCUT2D eigenvalue weighted by Gasteiger charge is 2.63. The van der Waals surface area contributed by atoms with Gasteiger partial charge in [0.15, 0.2) is 0 Å². The van der Waals surface area contributed by atoms with Crippen LogP contribution in [0.15, 0.2) is 18.2 Å². The minimum Gasteiger partial charge on any atom is -0.462 e. The minimum atomic E-state index is -0.209. The van der Waals surface area contributed by atoms with Crippen molar-refractivity contribution in [3.05, 3.63) is 29.3 Å². The van der Waals surface area contributed by atoms with Crippen molar-refractivity contribution in [3.8, 4) is 0 Å². The summed E-state index contributed by atoms with van der Waals surface area (Å²) in [7, 11) is 0. The largest absolute Gasteiger partial charge is 0.462 e. The number of amides is 1. The van der Waals surface area contributed by atoms with Crippen LogP contribution in [0.25, 0.3) is 0 Å². The monoisotopic (exact) mass is 285 g/mol. The maximum absolute atomic E-state index is 12.7. The first-order chi connectivity index (χ1) is 10.1. The zero-order valence-electron chi connectivity index (χ0n) is 12.3. The van der Waals surface area contributed by atoms with E-state index in [2.05, 4.69) is 5.32 Å². The number of fused-ring (bicyclic) bond motifs is 1. The quantitative estimate of drug-likeness (QED) is 0.849.